The highest BCUT2D eigenvalue weighted by Crippen LogP contribution is 2.39. The third-order valence-electron chi connectivity index (χ3n) is 5.41. The molecule has 0 saturated heterocycles. The fraction of sp³-hybridized carbons (Fsp3) is 0.625. The van der Waals surface area contributed by atoms with E-state index in [1.165, 1.54) is 12.0 Å². The number of hydrogen-bond acceptors (Lipinski definition) is 6. The fourth-order valence-electron chi connectivity index (χ4n) is 3.90. The summed E-state index contributed by atoms with van der Waals surface area (Å²) < 4.78 is 16.6. The standard InChI is InChI=1S/C24H36N2O7/c1-8-32-12-11-26(24(4,5)6)22(28)21(27)25-10-9-16-13-18(31-7)19(33-15(2)3)14-17(16)20(25)23(29)30/h13-15,20H,8-12H2,1-7H3,(H,29,30). The van der Waals surface area contributed by atoms with Gasteiger partial charge in [0.15, 0.2) is 17.5 Å². The zero-order valence-electron chi connectivity index (χ0n) is 20.6. The number of aliphatic carboxylic acids is 1. The highest BCUT2D eigenvalue weighted by Gasteiger charge is 2.42. The largest absolute Gasteiger partial charge is 0.493 e. The molecule has 0 fully saturated rings. The van der Waals surface area contributed by atoms with Crippen LogP contribution in [0.4, 0.5) is 0 Å². The van der Waals surface area contributed by atoms with E-state index in [0.717, 1.165) is 10.5 Å². The summed E-state index contributed by atoms with van der Waals surface area (Å²) in [4.78, 5) is 41.4. The van der Waals surface area contributed by atoms with E-state index in [1.54, 1.807) is 12.1 Å². The minimum atomic E-state index is -1.31. The van der Waals surface area contributed by atoms with Crippen LogP contribution in [-0.2, 0) is 25.5 Å². The molecule has 33 heavy (non-hydrogen) atoms. The highest BCUT2D eigenvalue weighted by atomic mass is 16.5. The summed E-state index contributed by atoms with van der Waals surface area (Å²) in [5.41, 5.74) is 0.529. The van der Waals surface area contributed by atoms with Gasteiger partial charge in [-0.15, -0.1) is 0 Å². The number of carboxylic acid groups (broad SMARTS) is 1. The van der Waals surface area contributed by atoms with E-state index >= 15 is 0 Å². The molecule has 1 aliphatic heterocycles. The van der Waals surface area contributed by atoms with Crippen molar-refractivity contribution >= 4 is 17.8 Å². The predicted molar refractivity (Wildman–Crippen MR) is 123 cm³/mol. The Hall–Kier alpha value is -2.81. The van der Waals surface area contributed by atoms with E-state index in [-0.39, 0.29) is 25.8 Å². The number of methoxy groups -OCH3 is 1. The Kier molecular flexibility index (Phi) is 8.71. The first-order chi connectivity index (χ1) is 15.4. The number of amides is 2. The first-order valence-electron chi connectivity index (χ1n) is 11.2. The minimum absolute atomic E-state index is 0.103. The third kappa shape index (κ3) is 6.16. The Morgan fingerprint density at radius 3 is 2.39 bits per heavy atom. The smallest absolute Gasteiger partial charge is 0.331 e. The molecule has 0 radical (unpaired) electrons. The van der Waals surface area contributed by atoms with Crippen LogP contribution in [-0.4, -0.2) is 77.7 Å². The van der Waals surface area contributed by atoms with E-state index in [1.807, 2.05) is 41.5 Å². The fourth-order valence-corrected chi connectivity index (χ4v) is 3.90. The average molecular weight is 465 g/mol. The van der Waals surface area contributed by atoms with Crippen LogP contribution in [0.1, 0.15) is 58.7 Å². The van der Waals surface area contributed by atoms with Gasteiger partial charge in [0.05, 0.1) is 19.8 Å². The lowest BCUT2D eigenvalue weighted by Gasteiger charge is -2.39. The number of carbonyl (C=O) groups is 3. The van der Waals surface area contributed by atoms with E-state index in [2.05, 4.69) is 0 Å². The van der Waals surface area contributed by atoms with Gasteiger partial charge in [0.25, 0.3) is 0 Å². The maximum Gasteiger partial charge on any atom is 0.331 e. The lowest BCUT2D eigenvalue weighted by Crippen LogP contribution is -2.55. The van der Waals surface area contributed by atoms with Crippen LogP contribution in [0.25, 0.3) is 0 Å². The second-order valence-corrected chi connectivity index (χ2v) is 9.18. The second kappa shape index (κ2) is 10.9. The monoisotopic (exact) mass is 464 g/mol. The lowest BCUT2D eigenvalue weighted by molar-refractivity contribution is -0.161. The Balaban J connectivity index is 2.42. The molecule has 184 valence electrons. The summed E-state index contributed by atoms with van der Waals surface area (Å²) in [6.45, 7) is 12.1. The third-order valence-corrected chi connectivity index (χ3v) is 5.41. The summed E-state index contributed by atoms with van der Waals surface area (Å²) in [5.74, 6) is -1.91. The van der Waals surface area contributed by atoms with Gasteiger partial charge in [-0.05, 0) is 71.2 Å². The molecule has 0 aliphatic carbocycles. The zero-order valence-corrected chi connectivity index (χ0v) is 20.6. The van der Waals surface area contributed by atoms with Crippen molar-refractivity contribution in [3.63, 3.8) is 0 Å². The lowest BCUT2D eigenvalue weighted by atomic mass is 9.91. The molecule has 1 aliphatic rings. The molecule has 1 N–H and O–H groups in total. The number of benzene rings is 1. The summed E-state index contributed by atoms with van der Waals surface area (Å²) in [7, 11) is 1.52. The van der Waals surface area contributed by atoms with Gasteiger partial charge in [-0.25, -0.2) is 4.79 Å². The topological polar surface area (TPSA) is 106 Å². The molecule has 1 unspecified atom stereocenters. The van der Waals surface area contributed by atoms with Crippen LogP contribution >= 0.6 is 0 Å². The minimum Gasteiger partial charge on any atom is -0.493 e. The quantitative estimate of drug-likeness (QED) is 0.466. The molecule has 1 aromatic rings. The van der Waals surface area contributed by atoms with Crippen molar-refractivity contribution in [3.05, 3.63) is 23.3 Å². The molecule has 1 heterocycles. The summed E-state index contributed by atoms with van der Waals surface area (Å²) in [6, 6.07) is 2.04. The SMILES string of the molecule is CCOCCN(C(=O)C(=O)N1CCc2cc(OC)c(OC(C)C)cc2C1C(=O)O)C(C)(C)C. The van der Waals surface area contributed by atoms with E-state index < -0.39 is 29.4 Å². The molecule has 1 atom stereocenters. The molecule has 2 amide bonds. The number of rotatable bonds is 8. The molecule has 0 bridgehead atoms. The number of nitrogens with zero attached hydrogens (tertiary/aromatic N) is 2. The molecular weight excluding hydrogens is 428 g/mol. The maximum atomic E-state index is 13.3. The molecule has 2 rings (SSSR count). The Morgan fingerprint density at radius 2 is 1.88 bits per heavy atom. The molecule has 1 aromatic carbocycles. The van der Waals surface area contributed by atoms with Gasteiger partial charge in [0.1, 0.15) is 0 Å². The van der Waals surface area contributed by atoms with Crippen molar-refractivity contribution in [2.24, 2.45) is 0 Å². The Bertz CT molecular complexity index is 876. The van der Waals surface area contributed by atoms with Crippen LogP contribution < -0.4 is 9.47 Å². The van der Waals surface area contributed by atoms with Crippen LogP contribution in [0.5, 0.6) is 11.5 Å². The van der Waals surface area contributed by atoms with Gasteiger partial charge in [-0.1, -0.05) is 0 Å². The van der Waals surface area contributed by atoms with Gasteiger partial charge in [-0.3, -0.25) is 9.59 Å². The number of fused-ring (bicyclic) bond motifs is 1. The molecule has 9 heteroatoms. The number of carbonyl (C=O) groups excluding carboxylic acids is 2. The van der Waals surface area contributed by atoms with E-state index in [9.17, 15) is 19.5 Å². The van der Waals surface area contributed by atoms with Gasteiger partial charge in [0, 0.05) is 25.2 Å². The van der Waals surface area contributed by atoms with Crippen LogP contribution in [0.3, 0.4) is 0 Å². The first kappa shape index (κ1) is 26.4. The molecule has 0 spiro atoms. The summed E-state index contributed by atoms with van der Waals surface area (Å²) in [5, 5.41) is 10.0. The van der Waals surface area contributed by atoms with E-state index in [0.29, 0.717) is 30.1 Å². The van der Waals surface area contributed by atoms with Crippen molar-refractivity contribution in [1.82, 2.24) is 9.80 Å². The number of ether oxygens (including phenoxy) is 3. The molecule has 0 aromatic heterocycles. The van der Waals surface area contributed by atoms with Crippen molar-refractivity contribution in [2.75, 3.05) is 33.4 Å². The van der Waals surface area contributed by atoms with Gasteiger partial charge in [-0.2, -0.15) is 0 Å². The van der Waals surface area contributed by atoms with Crippen molar-refractivity contribution < 1.29 is 33.7 Å². The summed E-state index contributed by atoms with van der Waals surface area (Å²) >= 11 is 0. The normalized spacial score (nSPS) is 15.8. The van der Waals surface area contributed by atoms with Crippen LogP contribution in [0.15, 0.2) is 12.1 Å². The average Bonchev–Trinajstić information content (AvgIpc) is 2.73. The van der Waals surface area contributed by atoms with Crippen LogP contribution in [0, 0.1) is 0 Å². The molecule has 9 nitrogen and oxygen atoms in total. The Labute approximate surface area is 195 Å². The Morgan fingerprint density at radius 1 is 1.21 bits per heavy atom. The predicted octanol–water partition coefficient (Wildman–Crippen LogP) is 2.66. The zero-order chi connectivity index (χ0) is 24.9. The highest BCUT2D eigenvalue weighted by molar-refractivity contribution is 6.35. The number of hydrogen-bond donors (Lipinski definition) is 1. The van der Waals surface area contributed by atoms with Crippen molar-refractivity contribution in [3.8, 4) is 11.5 Å². The number of carboxylic acids is 1. The second-order valence-electron chi connectivity index (χ2n) is 9.18. The van der Waals surface area contributed by atoms with Gasteiger partial charge in [0.2, 0.25) is 0 Å². The summed E-state index contributed by atoms with van der Waals surface area (Å²) in [6.07, 6.45) is 0.235. The van der Waals surface area contributed by atoms with E-state index in [4.69, 9.17) is 14.2 Å². The van der Waals surface area contributed by atoms with Crippen molar-refractivity contribution in [2.45, 2.75) is 65.6 Å². The van der Waals surface area contributed by atoms with Crippen molar-refractivity contribution in [1.29, 1.82) is 0 Å². The molecule has 0 saturated carbocycles. The maximum absolute atomic E-state index is 13.3. The van der Waals surface area contributed by atoms with Crippen LogP contribution in [0.2, 0.25) is 0 Å². The molecular formula is C24H36N2O7. The van der Waals surface area contributed by atoms with Gasteiger partial charge < -0.3 is 29.1 Å². The van der Waals surface area contributed by atoms with Gasteiger partial charge >= 0.3 is 17.8 Å². The first-order valence-corrected chi connectivity index (χ1v) is 11.2.